The molecule has 0 N–H and O–H groups in total. The molecular formula is C8H16OS. The summed E-state index contributed by atoms with van der Waals surface area (Å²) in [6, 6.07) is 0. The number of hydrogen-bond acceptors (Lipinski definition) is 2. The van der Waals surface area contributed by atoms with Crippen molar-refractivity contribution in [3.63, 3.8) is 0 Å². The molecule has 0 radical (unpaired) electrons. The van der Waals surface area contributed by atoms with Crippen molar-refractivity contribution in [2.75, 3.05) is 13.2 Å². The zero-order valence-corrected chi connectivity index (χ0v) is 7.62. The molecule has 0 amide bonds. The average Bonchev–Trinajstić information content (AvgIpc) is 1.88. The summed E-state index contributed by atoms with van der Waals surface area (Å²) in [5, 5.41) is 1.65. The molecule has 10 heavy (non-hydrogen) atoms. The largest absolute Gasteiger partial charge is 0.381 e. The normalized spacial score (nSPS) is 21.9. The van der Waals surface area contributed by atoms with Gasteiger partial charge in [-0.2, -0.15) is 11.8 Å². The van der Waals surface area contributed by atoms with Crippen molar-refractivity contribution in [2.45, 2.75) is 37.2 Å². The zero-order valence-electron chi connectivity index (χ0n) is 6.80. The molecule has 0 aromatic heterocycles. The van der Waals surface area contributed by atoms with Gasteiger partial charge in [-0.15, -0.1) is 0 Å². The van der Waals surface area contributed by atoms with Crippen LogP contribution in [0.3, 0.4) is 0 Å². The van der Waals surface area contributed by atoms with Crippen molar-refractivity contribution in [1.29, 1.82) is 0 Å². The molecule has 1 rings (SSSR count). The lowest BCUT2D eigenvalue weighted by molar-refractivity contribution is 0.0999. The van der Waals surface area contributed by atoms with Crippen LogP contribution < -0.4 is 0 Å². The smallest absolute Gasteiger partial charge is 0.0476 e. The van der Waals surface area contributed by atoms with E-state index in [1.54, 1.807) is 0 Å². The summed E-state index contributed by atoms with van der Waals surface area (Å²) in [5.41, 5.74) is 0. The lowest BCUT2D eigenvalue weighted by Gasteiger charge is -2.22. The molecule has 0 bridgehead atoms. The van der Waals surface area contributed by atoms with Crippen LogP contribution in [0.5, 0.6) is 0 Å². The van der Waals surface area contributed by atoms with Crippen LogP contribution in [0.2, 0.25) is 0 Å². The summed E-state index contributed by atoms with van der Waals surface area (Å²) < 4.78 is 5.27. The molecule has 1 saturated heterocycles. The van der Waals surface area contributed by atoms with E-state index in [1.165, 1.54) is 12.8 Å². The van der Waals surface area contributed by atoms with Crippen LogP contribution >= 0.6 is 11.8 Å². The van der Waals surface area contributed by atoms with Crippen LogP contribution in [0.4, 0.5) is 0 Å². The van der Waals surface area contributed by atoms with Gasteiger partial charge < -0.3 is 4.74 Å². The van der Waals surface area contributed by atoms with Crippen molar-refractivity contribution in [3.05, 3.63) is 0 Å². The first-order chi connectivity index (χ1) is 4.79. The summed E-state index contributed by atoms with van der Waals surface area (Å²) in [7, 11) is 0. The molecule has 1 heterocycles. The summed E-state index contributed by atoms with van der Waals surface area (Å²) in [6.07, 6.45) is 2.51. The fraction of sp³-hybridized carbons (Fsp3) is 1.00. The van der Waals surface area contributed by atoms with Crippen LogP contribution in [0.15, 0.2) is 0 Å². The van der Waals surface area contributed by atoms with Gasteiger partial charge in [0.2, 0.25) is 0 Å². The zero-order chi connectivity index (χ0) is 7.40. The SMILES string of the molecule is CC(C)SC1CCOCC1. The quantitative estimate of drug-likeness (QED) is 0.613. The predicted octanol–water partition coefficient (Wildman–Crippen LogP) is 2.31. The van der Waals surface area contributed by atoms with Crippen molar-refractivity contribution in [2.24, 2.45) is 0 Å². The molecule has 0 atom stereocenters. The number of thioether (sulfide) groups is 1. The van der Waals surface area contributed by atoms with E-state index in [4.69, 9.17) is 4.74 Å². The maximum absolute atomic E-state index is 5.27. The molecule has 1 nitrogen and oxygen atoms in total. The Labute approximate surface area is 67.5 Å². The standard InChI is InChI=1S/C8H16OS/c1-7(2)10-8-3-5-9-6-4-8/h7-8H,3-6H2,1-2H3. The van der Waals surface area contributed by atoms with Gasteiger partial charge in [0.25, 0.3) is 0 Å². The maximum Gasteiger partial charge on any atom is 0.0476 e. The van der Waals surface area contributed by atoms with Gasteiger partial charge in [0.05, 0.1) is 0 Å². The highest BCUT2D eigenvalue weighted by molar-refractivity contribution is 8.00. The highest BCUT2D eigenvalue weighted by Crippen LogP contribution is 2.25. The van der Waals surface area contributed by atoms with E-state index in [0.29, 0.717) is 0 Å². The van der Waals surface area contributed by atoms with Crippen molar-refractivity contribution in [3.8, 4) is 0 Å². The molecule has 0 saturated carbocycles. The van der Waals surface area contributed by atoms with Gasteiger partial charge in [-0.05, 0) is 18.1 Å². The van der Waals surface area contributed by atoms with E-state index < -0.39 is 0 Å². The van der Waals surface area contributed by atoms with Crippen molar-refractivity contribution in [1.82, 2.24) is 0 Å². The van der Waals surface area contributed by atoms with Gasteiger partial charge >= 0.3 is 0 Å². The molecule has 1 fully saturated rings. The van der Waals surface area contributed by atoms with E-state index in [2.05, 4.69) is 25.6 Å². The first-order valence-corrected chi connectivity index (χ1v) is 4.96. The van der Waals surface area contributed by atoms with Gasteiger partial charge in [-0.1, -0.05) is 13.8 Å². The fourth-order valence-electron chi connectivity index (χ4n) is 1.20. The molecular weight excluding hydrogens is 144 g/mol. The minimum absolute atomic E-state index is 0.781. The Morgan fingerprint density at radius 3 is 2.40 bits per heavy atom. The van der Waals surface area contributed by atoms with Crippen LogP contribution in [0.1, 0.15) is 26.7 Å². The topological polar surface area (TPSA) is 9.23 Å². The number of hydrogen-bond donors (Lipinski definition) is 0. The molecule has 0 unspecified atom stereocenters. The third-order valence-electron chi connectivity index (χ3n) is 1.63. The monoisotopic (exact) mass is 160 g/mol. The molecule has 0 aromatic rings. The Morgan fingerprint density at radius 2 is 1.90 bits per heavy atom. The minimum atomic E-state index is 0.781. The van der Waals surface area contributed by atoms with Crippen LogP contribution in [-0.2, 0) is 4.74 Å². The molecule has 0 aliphatic carbocycles. The van der Waals surface area contributed by atoms with Gasteiger partial charge in [-0.25, -0.2) is 0 Å². The second-order valence-corrected chi connectivity index (χ2v) is 4.88. The number of rotatable bonds is 2. The summed E-state index contributed by atoms with van der Waals surface area (Å²) in [5.74, 6) is 0. The average molecular weight is 160 g/mol. The Balaban J connectivity index is 2.13. The molecule has 0 spiro atoms. The lowest BCUT2D eigenvalue weighted by atomic mass is 10.2. The molecule has 1 aliphatic rings. The van der Waals surface area contributed by atoms with E-state index in [1.807, 2.05) is 0 Å². The highest BCUT2D eigenvalue weighted by atomic mass is 32.2. The summed E-state index contributed by atoms with van der Waals surface area (Å²) in [6.45, 7) is 6.48. The second kappa shape index (κ2) is 4.24. The highest BCUT2D eigenvalue weighted by Gasteiger charge is 2.14. The summed E-state index contributed by atoms with van der Waals surface area (Å²) in [4.78, 5) is 0. The Morgan fingerprint density at radius 1 is 1.30 bits per heavy atom. The van der Waals surface area contributed by atoms with Crippen molar-refractivity contribution >= 4 is 11.8 Å². The fourth-order valence-corrected chi connectivity index (χ4v) is 2.43. The maximum atomic E-state index is 5.27. The molecule has 1 aliphatic heterocycles. The third kappa shape index (κ3) is 2.93. The molecule has 2 heteroatoms. The number of ether oxygens (including phenoxy) is 1. The Kier molecular flexibility index (Phi) is 3.57. The van der Waals surface area contributed by atoms with E-state index in [-0.39, 0.29) is 0 Å². The predicted molar refractivity (Wildman–Crippen MR) is 46.6 cm³/mol. The Bertz CT molecular complexity index is 87.3. The Hall–Kier alpha value is 0.310. The lowest BCUT2D eigenvalue weighted by Crippen LogP contribution is -2.18. The van der Waals surface area contributed by atoms with Gasteiger partial charge in [0.15, 0.2) is 0 Å². The first kappa shape index (κ1) is 8.41. The van der Waals surface area contributed by atoms with Gasteiger partial charge in [0.1, 0.15) is 0 Å². The minimum Gasteiger partial charge on any atom is -0.381 e. The molecule has 60 valence electrons. The van der Waals surface area contributed by atoms with E-state index >= 15 is 0 Å². The van der Waals surface area contributed by atoms with Gasteiger partial charge in [0, 0.05) is 18.5 Å². The van der Waals surface area contributed by atoms with Gasteiger partial charge in [-0.3, -0.25) is 0 Å². The van der Waals surface area contributed by atoms with Crippen LogP contribution in [0.25, 0.3) is 0 Å². The third-order valence-corrected chi connectivity index (χ3v) is 3.03. The van der Waals surface area contributed by atoms with Crippen molar-refractivity contribution < 1.29 is 4.74 Å². The van der Waals surface area contributed by atoms with E-state index in [0.717, 1.165) is 23.7 Å². The first-order valence-electron chi connectivity index (χ1n) is 4.02. The van der Waals surface area contributed by atoms with Crippen LogP contribution in [-0.4, -0.2) is 23.7 Å². The van der Waals surface area contributed by atoms with E-state index in [9.17, 15) is 0 Å². The second-order valence-electron chi connectivity index (χ2n) is 3.00. The summed E-state index contributed by atoms with van der Waals surface area (Å²) >= 11 is 2.10. The van der Waals surface area contributed by atoms with Crippen LogP contribution in [0, 0.1) is 0 Å². The molecule has 0 aromatic carbocycles.